The second-order valence-corrected chi connectivity index (χ2v) is 5.70. The summed E-state index contributed by atoms with van der Waals surface area (Å²) in [6.07, 6.45) is 9.15. The number of amides is 1. The molecule has 0 atom stereocenters. The van der Waals surface area contributed by atoms with Crippen molar-refractivity contribution < 1.29 is 4.79 Å². The topological polar surface area (TPSA) is 29.1 Å². The first-order valence-corrected chi connectivity index (χ1v) is 6.80. The average Bonchev–Trinajstić information content (AvgIpc) is 3.00. The van der Waals surface area contributed by atoms with Crippen molar-refractivity contribution in [2.24, 2.45) is 0 Å². The van der Waals surface area contributed by atoms with Crippen LogP contribution in [-0.4, -0.2) is 23.0 Å². The number of nitrogens with one attached hydrogen (secondary N) is 1. The van der Waals surface area contributed by atoms with Crippen molar-refractivity contribution in [3.05, 3.63) is 0 Å². The van der Waals surface area contributed by atoms with Crippen molar-refractivity contribution in [2.75, 3.05) is 5.75 Å². The molecule has 0 radical (unpaired) electrons. The minimum atomic E-state index is 0.253. The fourth-order valence-electron chi connectivity index (χ4n) is 1.92. The van der Waals surface area contributed by atoms with Crippen LogP contribution in [0, 0.1) is 0 Å². The Labute approximate surface area is 90.2 Å². The minimum absolute atomic E-state index is 0.253. The third-order valence-corrected chi connectivity index (χ3v) is 4.32. The van der Waals surface area contributed by atoms with Gasteiger partial charge in [-0.3, -0.25) is 4.79 Å². The van der Waals surface area contributed by atoms with Gasteiger partial charge >= 0.3 is 0 Å². The first kappa shape index (κ1) is 10.3. The molecule has 0 heterocycles. The predicted octanol–water partition coefficient (Wildman–Crippen LogP) is 2.33. The van der Waals surface area contributed by atoms with Crippen LogP contribution in [0.5, 0.6) is 0 Å². The first-order chi connectivity index (χ1) is 6.84. The Morgan fingerprint density at radius 1 is 1.14 bits per heavy atom. The number of hydrogen-bond donors (Lipinski definition) is 1. The van der Waals surface area contributed by atoms with Gasteiger partial charge in [0.05, 0.1) is 5.75 Å². The summed E-state index contributed by atoms with van der Waals surface area (Å²) in [5.41, 5.74) is 0. The maximum atomic E-state index is 11.4. The van der Waals surface area contributed by atoms with Crippen LogP contribution < -0.4 is 5.32 Å². The van der Waals surface area contributed by atoms with E-state index in [4.69, 9.17) is 0 Å². The summed E-state index contributed by atoms with van der Waals surface area (Å²) in [5.74, 6) is 0.935. The zero-order valence-electron chi connectivity index (χ0n) is 8.63. The third-order valence-electron chi connectivity index (χ3n) is 2.94. The monoisotopic (exact) mass is 213 g/mol. The van der Waals surface area contributed by atoms with Crippen molar-refractivity contribution in [1.29, 1.82) is 0 Å². The van der Waals surface area contributed by atoms with Gasteiger partial charge in [0.2, 0.25) is 5.91 Å². The maximum absolute atomic E-state index is 11.4. The van der Waals surface area contributed by atoms with Crippen LogP contribution >= 0.6 is 11.8 Å². The lowest BCUT2D eigenvalue weighted by molar-refractivity contribution is -0.118. The molecule has 0 aromatic rings. The molecule has 2 saturated carbocycles. The molecule has 2 aliphatic carbocycles. The fourth-order valence-corrected chi connectivity index (χ4v) is 3.06. The van der Waals surface area contributed by atoms with Crippen LogP contribution in [0.3, 0.4) is 0 Å². The summed E-state index contributed by atoms with van der Waals surface area (Å²) in [4.78, 5) is 11.4. The summed E-state index contributed by atoms with van der Waals surface area (Å²) in [5, 5.41) is 3.79. The highest BCUT2D eigenvalue weighted by Crippen LogP contribution is 2.28. The Morgan fingerprint density at radius 2 is 1.86 bits per heavy atom. The summed E-state index contributed by atoms with van der Waals surface area (Å²) in [7, 11) is 0. The summed E-state index contributed by atoms with van der Waals surface area (Å²) in [6, 6.07) is 0.523. The zero-order valence-corrected chi connectivity index (χ0v) is 9.44. The van der Waals surface area contributed by atoms with Crippen molar-refractivity contribution in [3.8, 4) is 0 Å². The molecule has 2 rings (SSSR count). The molecule has 80 valence electrons. The van der Waals surface area contributed by atoms with Crippen LogP contribution in [-0.2, 0) is 4.79 Å². The average molecular weight is 213 g/mol. The van der Waals surface area contributed by atoms with Gasteiger partial charge in [0.15, 0.2) is 0 Å². The van der Waals surface area contributed by atoms with E-state index in [1.807, 2.05) is 11.8 Å². The highest BCUT2D eigenvalue weighted by atomic mass is 32.2. The van der Waals surface area contributed by atoms with Gasteiger partial charge in [-0.1, -0.05) is 19.3 Å². The van der Waals surface area contributed by atoms with E-state index in [9.17, 15) is 4.79 Å². The van der Waals surface area contributed by atoms with Crippen molar-refractivity contribution in [2.45, 2.75) is 56.2 Å². The van der Waals surface area contributed by atoms with Crippen molar-refractivity contribution >= 4 is 17.7 Å². The van der Waals surface area contributed by atoms with E-state index >= 15 is 0 Å². The van der Waals surface area contributed by atoms with Gasteiger partial charge < -0.3 is 5.32 Å². The van der Waals surface area contributed by atoms with Gasteiger partial charge in [-0.2, -0.15) is 0 Å². The Kier molecular flexibility index (Phi) is 3.74. The molecular formula is C11H19NOS. The molecular weight excluding hydrogens is 194 g/mol. The number of carbonyl (C=O) groups excluding carboxylic acids is 1. The van der Waals surface area contributed by atoms with E-state index in [-0.39, 0.29) is 5.91 Å². The fraction of sp³-hybridized carbons (Fsp3) is 0.909. The Balaban J connectivity index is 1.57. The van der Waals surface area contributed by atoms with Gasteiger partial charge in [0.25, 0.3) is 0 Å². The predicted molar refractivity (Wildman–Crippen MR) is 60.5 cm³/mol. The molecule has 0 spiro atoms. The molecule has 2 nitrogen and oxygen atoms in total. The van der Waals surface area contributed by atoms with Crippen LogP contribution in [0.2, 0.25) is 0 Å². The molecule has 0 unspecified atom stereocenters. The molecule has 1 amide bonds. The van der Waals surface area contributed by atoms with Crippen LogP contribution in [0.15, 0.2) is 0 Å². The van der Waals surface area contributed by atoms with Gasteiger partial charge in [-0.25, -0.2) is 0 Å². The molecule has 0 aromatic heterocycles. The molecule has 0 aromatic carbocycles. The molecule has 14 heavy (non-hydrogen) atoms. The number of carbonyl (C=O) groups is 1. The van der Waals surface area contributed by atoms with Crippen molar-refractivity contribution in [3.63, 3.8) is 0 Å². The maximum Gasteiger partial charge on any atom is 0.230 e. The molecule has 2 aliphatic rings. The minimum Gasteiger partial charge on any atom is -0.353 e. The quantitative estimate of drug-likeness (QED) is 0.776. The highest BCUT2D eigenvalue weighted by Gasteiger charge is 2.23. The zero-order chi connectivity index (χ0) is 9.80. The van der Waals surface area contributed by atoms with Gasteiger partial charge in [0.1, 0.15) is 0 Å². The number of thioether (sulfide) groups is 1. The summed E-state index contributed by atoms with van der Waals surface area (Å²) in [6.45, 7) is 0. The van der Waals surface area contributed by atoms with Crippen LogP contribution in [0.4, 0.5) is 0 Å². The molecule has 3 heteroatoms. The molecule has 0 aliphatic heterocycles. The molecule has 0 saturated heterocycles. The van der Waals surface area contributed by atoms with E-state index in [1.165, 1.54) is 44.9 Å². The van der Waals surface area contributed by atoms with E-state index in [1.54, 1.807) is 0 Å². The lowest BCUT2D eigenvalue weighted by atomic mass is 10.0. The van der Waals surface area contributed by atoms with Gasteiger partial charge in [-0.15, -0.1) is 11.8 Å². The standard InChI is InChI=1S/C11H19NOS/c13-11(12-9-6-7-9)8-14-10-4-2-1-3-5-10/h9-10H,1-8H2,(H,12,13). The molecule has 1 N–H and O–H groups in total. The Bertz CT molecular complexity index is 197. The summed E-state index contributed by atoms with van der Waals surface area (Å²) < 4.78 is 0. The lowest BCUT2D eigenvalue weighted by Gasteiger charge is -2.20. The normalized spacial score (nSPS) is 23.4. The van der Waals surface area contributed by atoms with Crippen LogP contribution in [0.1, 0.15) is 44.9 Å². The second kappa shape index (κ2) is 5.06. The van der Waals surface area contributed by atoms with E-state index in [0.29, 0.717) is 11.8 Å². The Hall–Kier alpha value is -0.180. The second-order valence-electron chi connectivity index (χ2n) is 4.41. The Morgan fingerprint density at radius 3 is 2.50 bits per heavy atom. The number of rotatable bonds is 4. The van der Waals surface area contributed by atoms with Crippen molar-refractivity contribution in [1.82, 2.24) is 5.32 Å². The summed E-state index contributed by atoms with van der Waals surface area (Å²) >= 11 is 1.86. The third kappa shape index (κ3) is 3.52. The SMILES string of the molecule is O=C(CSC1CCCCC1)NC1CC1. The number of hydrogen-bond acceptors (Lipinski definition) is 2. The van der Waals surface area contributed by atoms with Crippen LogP contribution in [0.25, 0.3) is 0 Å². The lowest BCUT2D eigenvalue weighted by Crippen LogP contribution is -2.28. The largest absolute Gasteiger partial charge is 0.353 e. The van der Waals surface area contributed by atoms with E-state index in [0.717, 1.165) is 5.25 Å². The molecule has 0 bridgehead atoms. The first-order valence-electron chi connectivity index (χ1n) is 5.75. The highest BCUT2D eigenvalue weighted by molar-refractivity contribution is 8.00. The van der Waals surface area contributed by atoms with Gasteiger partial charge in [-0.05, 0) is 25.7 Å². The smallest absolute Gasteiger partial charge is 0.230 e. The van der Waals surface area contributed by atoms with E-state index in [2.05, 4.69) is 5.32 Å². The molecule has 2 fully saturated rings. The van der Waals surface area contributed by atoms with E-state index < -0.39 is 0 Å². The van der Waals surface area contributed by atoms with Gasteiger partial charge in [0, 0.05) is 11.3 Å².